The zero-order chi connectivity index (χ0) is 14.1. The van der Waals surface area contributed by atoms with E-state index < -0.39 is 5.97 Å². The predicted octanol–water partition coefficient (Wildman–Crippen LogP) is 2.80. The monoisotopic (exact) mass is 287 g/mol. The van der Waals surface area contributed by atoms with E-state index in [2.05, 4.69) is 23.3 Å². The lowest BCUT2D eigenvalue weighted by Gasteiger charge is -2.05. The highest BCUT2D eigenvalue weighted by molar-refractivity contribution is 7.10. The van der Waals surface area contributed by atoms with E-state index in [-0.39, 0.29) is 5.56 Å². The number of hydrogen-bond acceptors (Lipinski definition) is 4. The first-order valence-corrected chi connectivity index (χ1v) is 7.19. The molecule has 3 rings (SSSR count). The number of rotatable bonds is 4. The van der Waals surface area contributed by atoms with Crippen LogP contribution < -0.4 is 0 Å². The number of para-hydroxylation sites is 1. The fourth-order valence-corrected chi connectivity index (χ4v) is 3.23. The van der Waals surface area contributed by atoms with Gasteiger partial charge in [0.25, 0.3) is 0 Å². The Bertz CT molecular complexity index is 776. The van der Waals surface area contributed by atoms with E-state index in [0.29, 0.717) is 17.6 Å². The molecule has 0 amide bonds. The molecule has 0 saturated heterocycles. The number of benzene rings is 1. The Kier molecular flexibility index (Phi) is 3.23. The maximum absolute atomic E-state index is 11.3. The number of carboxylic acids is 1. The molecule has 2 heterocycles. The summed E-state index contributed by atoms with van der Waals surface area (Å²) in [5.41, 5.74) is 2.70. The van der Waals surface area contributed by atoms with E-state index in [1.807, 2.05) is 5.38 Å². The molecule has 0 radical (unpaired) electrons. The van der Waals surface area contributed by atoms with Gasteiger partial charge in [-0.1, -0.05) is 18.2 Å². The zero-order valence-electron chi connectivity index (χ0n) is 10.9. The van der Waals surface area contributed by atoms with Crippen molar-refractivity contribution in [2.45, 2.75) is 19.9 Å². The Labute approximate surface area is 119 Å². The average Bonchev–Trinajstić information content (AvgIpc) is 3.06. The Hall–Kier alpha value is -2.21. The maximum Gasteiger partial charge on any atom is 0.337 e. The SMILES string of the molecule is CCc1ccsc1Cn1nnc2cccc(C(=O)O)c21. The quantitative estimate of drug-likeness (QED) is 0.801. The van der Waals surface area contributed by atoms with E-state index in [1.54, 1.807) is 34.2 Å². The third kappa shape index (κ3) is 2.08. The van der Waals surface area contributed by atoms with Gasteiger partial charge in [0.1, 0.15) is 11.0 Å². The van der Waals surface area contributed by atoms with Gasteiger partial charge < -0.3 is 5.11 Å². The second kappa shape index (κ2) is 5.05. The summed E-state index contributed by atoms with van der Waals surface area (Å²) in [6.07, 6.45) is 0.956. The lowest BCUT2D eigenvalue weighted by Crippen LogP contribution is -2.06. The summed E-state index contributed by atoms with van der Waals surface area (Å²) in [6.45, 7) is 2.66. The van der Waals surface area contributed by atoms with Crippen LogP contribution in [0.3, 0.4) is 0 Å². The molecule has 0 atom stereocenters. The minimum atomic E-state index is -0.957. The highest BCUT2D eigenvalue weighted by Crippen LogP contribution is 2.22. The van der Waals surface area contributed by atoms with Crippen LogP contribution in [0.5, 0.6) is 0 Å². The fourth-order valence-electron chi connectivity index (χ4n) is 2.27. The van der Waals surface area contributed by atoms with Gasteiger partial charge in [-0.25, -0.2) is 9.48 Å². The van der Waals surface area contributed by atoms with Gasteiger partial charge in [0.05, 0.1) is 12.1 Å². The Morgan fingerprint density at radius 2 is 2.25 bits per heavy atom. The molecule has 5 nitrogen and oxygen atoms in total. The third-order valence-corrected chi connectivity index (χ3v) is 4.22. The van der Waals surface area contributed by atoms with Crippen LogP contribution in [0.25, 0.3) is 11.0 Å². The Morgan fingerprint density at radius 3 is 3.00 bits per heavy atom. The third-order valence-electron chi connectivity index (χ3n) is 3.28. The van der Waals surface area contributed by atoms with Crippen LogP contribution in [-0.4, -0.2) is 26.1 Å². The summed E-state index contributed by atoms with van der Waals surface area (Å²) in [5.74, 6) is -0.957. The van der Waals surface area contributed by atoms with Gasteiger partial charge >= 0.3 is 5.97 Å². The molecule has 0 aliphatic heterocycles. The molecular formula is C14H13N3O2S. The molecule has 6 heteroatoms. The van der Waals surface area contributed by atoms with Crippen molar-refractivity contribution >= 4 is 28.3 Å². The summed E-state index contributed by atoms with van der Waals surface area (Å²) >= 11 is 1.66. The average molecular weight is 287 g/mol. The minimum absolute atomic E-state index is 0.238. The van der Waals surface area contributed by atoms with E-state index in [9.17, 15) is 9.90 Å². The van der Waals surface area contributed by atoms with Crippen molar-refractivity contribution in [1.82, 2.24) is 15.0 Å². The smallest absolute Gasteiger partial charge is 0.337 e. The van der Waals surface area contributed by atoms with Gasteiger partial charge in [-0.15, -0.1) is 16.4 Å². The number of carboxylic acid groups (broad SMARTS) is 1. The van der Waals surface area contributed by atoms with Crippen molar-refractivity contribution in [3.05, 3.63) is 45.6 Å². The first kappa shape index (κ1) is 12.8. The molecule has 0 spiro atoms. The molecule has 0 unspecified atom stereocenters. The van der Waals surface area contributed by atoms with Crippen molar-refractivity contribution in [2.75, 3.05) is 0 Å². The molecule has 0 aliphatic rings. The van der Waals surface area contributed by atoms with Crippen LogP contribution in [0.4, 0.5) is 0 Å². The van der Waals surface area contributed by atoms with E-state index in [0.717, 1.165) is 6.42 Å². The summed E-state index contributed by atoms with van der Waals surface area (Å²) < 4.78 is 1.67. The van der Waals surface area contributed by atoms with Crippen molar-refractivity contribution in [3.63, 3.8) is 0 Å². The molecule has 1 N–H and O–H groups in total. The number of nitrogens with zero attached hydrogens (tertiary/aromatic N) is 3. The summed E-state index contributed by atoms with van der Waals surface area (Å²) in [6, 6.07) is 7.14. The van der Waals surface area contributed by atoms with Gasteiger partial charge in [0, 0.05) is 4.88 Å². The van der Waals surface area contributed by atoms with Gasteiger partial charge in [0.15, 0.2) is 0 Å². The van der Waals surface area contributed by atoms with Crippen molar-refractivity contribution in [1.29, 1.82) is 0 Å². The minimum Gasteiger partial charge on any atom is -0.478 e. The predicted molar refractivity (Wildman–Crippen MR) is 77.3 cm³/mol. The second-order valence-electron chi connectivity index (χ2n) is 4.45. The van der Waals surface area contributed by atoms with Crippen molar-refractivity contribution in [3.8, 4) is 0 Å². The Morgan fingerprint density at radius 1 is 1.40 bits per heavy atom. The fraction of sp³-hybridized carbons (Fsp3) is 0.214. The first-order chi connectivity index (χ1) is 9.70. The van der Waals surface area contributed by atoms with Crippen LogP contribution in [0.15, 0.2) is 29.6 Å². The van der Waals surface area contributed by atoms with E-state index in [4.69, 9.17) is 0 Å². The van der Waals surface area contributed by atoms with E-state index in [1.165, 1.54) is 10.4 Å². The highest BCUT2D eigenvalue weighted by atomic mass is 32.1. The first-order valence-electron chi connectivity index (χ1n) is 6.31. The lowest BCUT2D eigenvalue weighted by atomic mass is 10.1. The van der Waals surface area contributed by atoms with Gasteiger partial charge in [-0.05, 0) is 35.6 Å². The van der Waals surface area contributed by atoms with Crippen molar-refractivity contribution < 1.29 is 9.90 Å². The summed E-state index contributed by atoms with van der Waals surface area (Å²) in [4.78, 5) is 12.5. The number of carbonyl (C=O) groups is 1. The highest BCUT2D eigenvalue weighted by Gasteiger charge is 2.15. The molecule has 0 saturated carbocycles. The summed E-state index contributed by atoms with van der Waals surface area (Å²) in [5, 5.41) is 19.5. The number of aromatic carboxylic acids is 1. The number of aromatic nitrogens is 3. The van der Waals surface area contributed by atoms with Crippen LogP contribution in [0, 0.1) is 0 Å². The molecule has 20 heavy (non-hydrogen) atoms. The van der Waals surface area contributed by atoms with E-state index >= 15 is 0 Å². The normalized spacial score (nSPS) is 11.1. The van der Waals surface area contributed by atoms with Crippen LogP contribution in [0.2, 0.25) is 0 Å². The van der Waals surface area contributed by atoms with Crippen LogP contribution in [0.1, 0.15) is 27.7 Å². The molecule has 3 aromatic rings. The standard InChI is InChI=1S/C14H13N3O2S/c1-2-9-6-7-20-12(9)8-17-13-10(14(18)19)4-3-5-11(13)15-16-17/h3-7H,2,8H2,1H3,(H,18,19). The molecule has 0 bridgehead atoms. The molecule has 2 aromatic heterocycles. The van der Waals surface area contributed by atoms with Gasteiger partial charge in [-0.2, -0.15) is 0 Å². The number of hydrogen-bond donors (Lipinski definition) is 1. The molecule has 1 aromatic carbocycles. The molecular weight excluding hydrogens is 274 g/mol. The van der Waals surface area contributed by atoms with Gasteiger partial charge in [0.2, 0.25) is 0 Å². The second-order valence-corrected chi connectivity index (χ2v) is 5.45. The topological polar surface area (TPSA) is 68.0 Å². The number of thiophene rings is 1. The molecule has 0 aliphatic carbocycles. The number of aryl methyl sites for hydroxylation is 1. The maximum atomic E-state index is 11.3. The zero-order valence-corrected chi connectivity index (χ0v) is 11.7. The Balaban J connectivity index is 2.10. The molecule has 102 valence electrons. The number of fused-ring (bicyclic) bond motifs is 1. The molecule has 0 fully saturated rings. The van der Waals surface area contributed by atoms with Crippen LogP contribution >= 0.6 is 11.3 Å². The largest absolute Gasteiger partial charge is 0.478 e. The summed E-state index contributed by atoms with van der Waals surface area (Å²) in [7, 11) is 0. The van der Waals surface area contributed by atoms with Gasteiger partial charge in [-0.3, -0.25) is 0 Å². The lowest BCUT2D eigenvalue weighted by molar-refractivity contribution is 0.0698. The van der Waals surface area contributed by atoms with Crippen molar-refractivity contribution in [2.24, 2.45) is 0 Å². The van der Waals surface area contributed by atoms with Crippen LogP contribution in [-0.2, 0) is 13.0 Å².